The van der Waals surface area contributed by atoms with Crippen LogP contribution in [0.25, 0.3) is 11.1 Å². The van der Waals surface area contributed by atoms with Crippen LogP contribution in [0.15, 0.2) is 72.8 Å². The second-order valence-corrected chi connectivity index (χ2v) is 11.1. The molecule has 0 aliphatic rings. The fourth-order valence-electron chi connectivity index (χ4n) is 3.29. The van der Waals surface area contributed by atoms with Crippen molar-refractivity contribution >= 4 is 42.1 Å². The molecule has 0 spiro atoms. The van der Waals surface area contributed by atoms with Gasteiger partial charge >= 0.3 is 100 Å². The van der Waals surface area contributed by atoms with Crippen LogP contribution >= 0.6 is 0 Å². The van der Waals surface area contributed by atoms with Gasteiger partial charge in [-0.3, -0.25) is 9.59 Å². The van der Waals surface area contributed by atoms with Crippen LogP contribution in [0.3, 0.4) is 0 Å². The number of aliphatic carboxylic acids is 1. The Bertz CT molecular complexity index is 1270. The summed E-state index contributed by atoms with van der Waals surface area (Å²) in [5.74, 6) is -3.90. The first-order chi connectivity index (χ1) is 17.4. The quantitative estimate of drug-likeness (QED) is 0.117. The number of amides is 1. The molecule has 3 aromatic carbocycles. The van der Waals surface area contributed by atoms with Crippen molar-refractivity contribution in [3.63, 3.8) is 0 Å². The number of carboxylic acids is 1. The zero-order chi connectivity index (χ0) is 27.6. The molecule has 0 aliphatic carbocycles. The molecule has 196 valence electrons. The maximum absolute atomic E-state index is 11.7. The van der Waals surface area contributed by atoms with Crippen molar-refractivity contribution in [3.8, 4) is 16.9 Å². The molecule has 0 saturated heterocycles. The number of para-hydroxylation sites is 1. The van der Waals surface area contributed by atoms with Gasteiger partial charge < -0.3 is 9.84 Å². The number of phenolic OH excluding ortho intramolecular Hbond substituents is 1. The fraction of sp³-hybridized carbons (Fsp3) is 0.192. The van der Waals surface area contributed by atoms with Gasteiger partial charge in [0.25, 0.3) is 0 Å². The predicted molar refractivity (Wildman–Crippen MR) is 136 cm³/mol. The summed E-state index contributed by atoms with van der Waals surface area (Å²) < 4.78 is 33.6. The van der Waals surface area contributed by atoms with Crippen molar-refractivity contribution in [2.75, 3.05) is 11.9 Å². The van der Waals surface area contributed by atoms with E-state index in [1.54, 1.807) is 6.92 Å². The number of hydrogen-bond acceptors (Lipinski definition) is 6. The Morgan fingerprint density at radius 1 is 0.919 bits per heavy atom. The van der Waals surface area contributed by atoms with Crippen LogP contribution in [0.5, 0.6) is 5.75 Å². The van der Waals surface area contributed by atoms with E-state index in [1.807, 2.05) is 54.6 Å². The molecule has 3 rings (SSSR count). The van der Waals surface area contributed by atoms with Crippen molar-refractivity contribution in [1.82, 2.24) is 0 Å². The standard InChI is InChI=1S/C18H18O4.C8H10AsNO5/c1-2-22-18(21)16(17(19)20)12-13-8-10-15(11-9-13)14-6-4-3-5-7-14;1-5(11)10-8-6(9(13,14)15)3-2-4-7(8)12/h3-11,16H,2,12H2,1H3,(H,19,20);2-4,12H,1H3,(H,10,11)(H2,13,14,15). The number of phenols is 1. The molecular weight excluding hydrogens is 545 g/mol. The normalized spacial score (nSPS) is 11.5. The Morgan fingerprint density at radius 2 is 1.51 bits per heavy atom. The van der Waals surface area contributed by atoms with Gasteiger partial charge in [0.1, 0.15) is 0 Å². The maximum atomic E-state index is 11.7. The minimum atomic E-state index is -5.14. The monoisotopic (exact) mass is 573 g/mol. The minimum absolute atomic E-state index is 0.128. The Balaban J connectivity index is 0.000000281. The molecule has 0 saturated carbocycles. The van der Waals surface area contributed by atoms with E-state index in [0.717, 1.165) is 16.7 Å². The molecule has 0 heterocycles. The van der Waals surface area contributed by atoms with E-state index in [4.69, 9.17) is 18.0 Å². The molecular formula is C26H28AsNO9. The second-order valence-electron chi connectivity index (χ2n) is 7.81. The number of nitrogens with one attached hydrogen (secondary N) is 1. The van der Waals surface area contributed by atoms with Gasteiger partial charge in [-0.05, 0) is 30.0 Å². The number of carbonyl (C=O) groups excluding carboxylic acids is 2. The molecule has 37 heavy (non-hydrogen) atoms. The molecule has 1 unspecified atom stereocenters. The van der Waals surface area contributed by atoms with Gasteiger partial charge in [-0.25, -0.2) is 0 Å². The van der Waals surface area contributed by atoms with E-state index < -0.39 is 37.9 Å². The number of esters is 1. The van der Waals surface area contributed by atoms with Crippen LogP contribution in [0.1, 0.15) is 19.4 Å². The van der Waals surface area contributed by atoms with Gasteiger partial charge in [-0.1, -0.05) is 54.6 Å². The number of rotatable bonds is 8. The van der Waals surface area contributed by atoms with E-state index in [1.165, 1.54) is 25.1 Å². The van der Waals surface area contributed by atoms with Crippen LogP contribution in [-0.2, 0) is 29.3 Å². The number of carboxylic acid groups (broad SMARTS) is 1. The summed E-state index contributed by atoms with van der Waals surface area (Å²) in [5.41, 5.74) is 2.71. The molecule has 1 amide bonds. The minimum Gasteiger partial charge on any atom is -0.481 e. The molecule has 0 bridgehead atoms. The third kappa shape index (κ3) is 8.95. The fourth-order valence-corrected chi connectivity index (χ4v) is 4.85. The molecule has 3 aromatic rings. The van der Waals surface area contributed by atoms with Gasteiger partial charge in [0.2, 0.25) is 0 Å². The van der Waals surface area contributed by atoms with Crippen molar-refractivity contribution < 1.29 is 41.3 Å². The van der Waals surface area contributed by atoms with Crippen molar-refractivity contribution in [2.24, 2.45) is 5.92 Å². The molecule has 1 atom stereocenters. The van der Waals surface area contributed by atoms with Crippen LogP contribution < -0.4 is 9.67 Å². The van der Waals surface area contributed by atoms with E-state index >= 15 is 0 Å². The average molecular weight is 573 g/mol. The summed E-state index contributed by atoms with van der Waals surface area (Å²) >= 11 is -5.14. The van der Waals surface area contributed by atoms with E-state index in [-0.39, 0.29) is 28.8 Å². The Hall–Kier alpha value is -3.85. The molecule has 0 aliphatic heterocycles. The van der Waals surface area contributed by atoms with Gasteiger partial charge in [-0.15, -0.1) is 0 Å². The second kappa shape index (κ2) is 13.5. The number of carbonyl (C=O) groups is 3. The van der Waals surface area contributed by atoms with E-state index in [0.29, 0.717) is 0 Å². The SMILES string of the molecule is CC(=O)Nc1c(O)cccc1[As](=O)(O)O.CCOC(=O)C(Cc1ccc(-c2ccccc2)cc1)C(=O)O. The third-order valence-corrected chi connectivity index (χ3v) is 7.10. The Kier molecular flexibility index (Phi) is 10.7. The number of ether oxygens (including phenoxy) is 1. The molecule has 10 nitrogen and oxygen atoms in total. The zero-order valence-electron chi connectivity index (χ0n) is 20.2. The van der Waals surface area contributed by atoms with E-state index in [2.05, 4.69) is 5.32 Å². The first kappa shape index (κ1) is 29.4. The molecule has 0 radical (unpaired) electrons. The first-order valence-electron chi connectivity index (χ1n) is 11.1. The van der Waals surface area contributed by atoms with Gasteiger partial charge in [0, 0.05) is 0 Å². The smallest absolute Gasteiger partial charge is 0.320 e. The zero-order valence-corrected chi connectivity index (χ0v) is 22.1. The molecule has 11 heteroatoms. The maximum Gasteiger partial charge on any atom is 0.320 e. The predicted octanol–water partition coefficient (Wildman–Crippen LogP) is 2.07. The topological polar surface area (TPSA) is 170 Å². The van der Waals surface area contributed by atoms with E-state index in [9.17, 15) is 23.2 Å². The van der Waals surface area contributed by atoms with Gasteiger partial charge in [-0.2, -0.15) is 0 Å². The third-order valence-electron chi connectivity index (χ3n) is 5.01. The Labute approximate surface area is 216 Å². The molecule has 0 fully saturated rings. The van der Waals surface area contributed by atoms with Crippen molar-refractivity contribution in [1.29, 1.82) is 0 Å². The summed E-state index contributed by atoms with van der Waals surface area (Å²) in [6.45, 7) is 3.02. The summed E-state index contributed by atoms with van der Waals surface area (Å²) in [4.78, 5) is 33.7. The summed E-state index contributed by atoms with van der Waals surface area (Å²) in [5, 5.41) is 20.7. The first-order valence-corrected chi connectivity index (χ1v) is 14.5. The summed E-state index contributed by atoms with van der Waals surface area (Å²) in [7, 11) is 0. The van der Waals surface area contributed by atoms with Crippen molar-refractivity contribution in [3.05, 3.63) is 78.4 Å². The van der Waals surface area contributed by atoms with Crippen LogP contribution in [0.2, 0.25) is 0 Å². The van der Waals surface area contributed by atoms with Crippen LogP contribution in [0.4, 0.5) is 5.69 Å². The largest absolute Gasteiger partial charge is 0.481 e. The van der Waals surface area contributed by atoms with Crippen molar-refractivity contribution in [2.45, 2.75) is 20.3 Å². The Morgan fingerprint density at radius 3 is 2.03 bits per heavy atom. The summed E-state index contributed by atoms with van der Waals surface area (Å²) in [6.07, 6.45) is 0.128. The summed E-state index contributed by atoms with van der Waals surface area (Å²) in [6, 6.07) is 21.1. The number of aromatic hydroxyl groups is 1. The number of benzene rings is 3. The average Bonchev–Trinajstić information content (AvgIpc) is 2.84. The van der Waals surface area contributed by atoms with Gasteiger partial charge in [0.15, 0.2) is 5.92 Å². The van der Waals surface area contributed by atoms with Gasteiger partial charge in [0.05, 0.1) is 6.61 Å². The van der Waals surface area contributed by atoms with Crippen LogP contribution in [0, 0.1) is 5.92 Å². The molecule has 5 N–H and O–H groups in total. The number of hydrogen-bond donors (Lipinski definition) is 5. The number of anilines is 1. The molecule has 0 aromatic heterocycles. The van der Waals surface area contributed by atoms with Crippen LogP contribution in [-0.4, -0.2) is 57.0 Å².